The van der Waals surface area contributed by atoms with Crippen molar-refractivity contribution in [2.75, 3.05) is 20.3 Å². The number of rotatable bonds is 9. The van der Waals surface area contributed by atoms with E-state index in [2.05, 4.69) is 12.2 Å². The first-order valence-electron chi connectivity index (χ1n) is 5.50. The van der Waals surface area contributed by atoms with E-state index in [1.54, 1.807) is 7.05 Å². The summed E-state index contributed by atoms with van der Waals surface area (Å²) >= 11 is 0. The van der Waals surface area contributed by atoms with Crippen LogP contribution in [0.15, 0.2) is 0 Å². The fraction of sp³-hybridized carbons (Fsp3) is 0.818. The zero-order valence-corrected chi connectivity index (χ0v) is 9.67. The fourth-order valence-corrected chi connectivity index (χ4v) is 1.12. The molecule has 0 spiro atoms. The highest BCUT2D eigenvalue weighted by atomic mass is 16.5. The Bertz CT molecular complexity index is 192. The smallest absolute Gasteiger partial charge is 0.220 e. The Morgan fingerprint density at radius 2 is 1.87 bits per heavy atom. The second-order valence-electron chi connectivity index (χ2n) is 3.43. The van der Waals surface area contributed by atoms with Gasteiger partial charge in [0.15, 0.2) is 0 Å². The number of amides is 1. The number of nitrogens with one attached hydrogen (secondary N) is 1. The van der Waals surface area contributed by atoms with Crippen LogP contribution in [-0.2, 0) is 14.3 Å². The third-order valence-corrected chi connectivity index (χ3v) is 2.00. The van der Waals surface area contributed by atoms with Crippen molar-refractivity contribution in [2.24, 2.45) is 0 Å². The van der Waals surface area contributed by atoms with Crippen LogP contribution in [-0.4, -0.2) is 32.0 Å². The minimum absolute atomic E-state index is 0.0782. The maximum absolute atomic E-state index is 11.3. The van der Waals surface area contributed by atoms with E-state index < -0.39 is 0 Å². The van der Waals surface area contributed by atoms with Crippen LogP contribution in [0, 0.1) is 0 Å². The molecule has 0 saturated heterocycles. The highest BCUT2D eigenvalue weighted by molar-refractivity contribution is 5.84. The van der Waals surface area contributed by atoms with Crippen LogP contribution in [0.4, 0.5) is 0 Å². The normalized spacial score (nSPS) is 10.0. The largest absolute Gasteiger partial charge is 0.381 e. The summed E-state index contributed by atoms with van der Waals surface area (Å²) in [5.74, 6) is 0.0595. The summed E-state index contributed by atoms with van der Waals surface area (Å²) in [5, 5.41) is 2.49. The molecule has 15 heavy (non-hydrogen) atoms. The van der Waals surface area contributed by atoms with Crippen LogP contribution >= 0.6 is 0 Å². The van der Waals surface area contributed by atoms with Gasteiger partial charge in [-0.1, -0.05) is 6.92 Å². The molecule has 0 aromatic heterocycles. The quantitative estimate of drug-likeness (QED) is 0.590. The highest BCUT2D eigenvalue weighted by Gasteiger charge is 2.05. The van der Waals surface area contributed by atoms with Crippen LogP contribution < -0.4 is 5.32 Å². The Morgan fingerprint density at radius 3 is 2.47 bits per heavy atom. The third kappa shape index (κ3) is 9.41. The Kier molecular flexibility index (Phi) is 9.07. The van der Waals surface area contributed by atoms with Crippen molar-refractivity contribution in [1.82, 2.24) is 5.32 Å². The minimum atomic E-state index is -0.0782. The van der Waals surface area contributed by atoms with Gasteiger partial charge in [-0.25, -0.2) is 0 Å². The van der Waals surface area contributed by atoms with E-state index in [1.165, 1.54) is 0 Å². The van der Waals surface area contributed by atoms with E-state index in [0.717, 1.165) is 19.4 Å². The van der Waals surface area contributed by atoms with Gasteiger partial charge in [-0.15, -0.1) is 0 Å². The van der Waals surface area contributed by atoms with Crippen molar-refractivity contribution in [1.29, 1.82) is 0 Å². The first kappa shape index (κ1) is 14.1. The lowest BCUT2D eigenvalue weighted by Gasteiger charge is -2.02. The second-order valence-corrected chi connectivity index (χ2v) is 3.43. The van der Waals surface area contributed by atoms with E-state index in [4.69, 9.17) is 4.74 Å². The third-order valence-electron chi connectivity index (χ3n) is 2.00. The van der Waals surface area contributed by atoms with Gasteiger partial charge >= 0.3 is 0 Å². The lowest BCUT2D eigenvalue weighted by molar-refractivity contribution is -0.125. The first-order chi connectivity index (χ1) is 7.20. The summed E-state index contributed by atoms with van der Waals surface area (Å²) in [4.78, 5) is 22.1. The fourth-order valence-electron chi connectivity index (χ4n) is 1.12. The maximum Gasteiger partial charge on any atom is 0.220 e. The average molecular weight is 215 g/mol. The molecular formula is C11H21NO3. The van der Waals surface area contributed by atoms with Crippen LogP contribution in [0.3, 0.4) is 0 Å². The molecule has 4 nitrogen and oxygen atoms in total. The predicted molar refractivity (Wildman–Crippen MR) is 58.7 cm³/mol. The average Bonchev–Trinajstić information content (AvgIpc) is 2.25. The summed E-state index contributed by atoms with van der Waals surface area (Å²) < 4.78 is 5.25. The summed E-state index contributed by atoms with van der Waals surface area (Å²) in [7, 11) is 1.57. The Hall–Kier alpha value is -0.900. The highest BCUT2D eigenvalue weighted by Crippen LogP contribution is 1.99. The van der Waals surface area contributed by atoms with Crippen molar-refractivity contribution < 1.29 is 14.3 Å². The van der Waals surface area contributed by atoms with Gasteiger partial charge in [-0.3, -0.25) is 9.59 Å². The number of carbonyl (C=O) groups is 2. The van der Waals surface area contributed by atoms with Gasteiger partial charge in [0.05, 0.1) is 0 Å². The zero-order valence-electron chi connectivity index (χ0n) is 9.67. The number of Topliss-reactive ketones (excluding diaryl/α,β-unsaturated/α-hetero) is 1. The molecule has 0 saturated carbocycles. The van der Waals surface area contributed by atoms with Gasteiger partial charge in [0.25, 0.3) is 0 Å². The lowest BCUT2D eigenvalue weighted by Crippen LogP contribution is -2.18. The van der Waals surface area contributed by atoms with E-state index in [9.17, 15) is 9.59 Å². The van der Waals surface area contributed by atoms with Crippen molar-refractivity contribution in [3.05, 3.63) is 0 Å². The molecule has 4 heteroatoms. The van der Waals surface area contributed by atoms with Crippen molar-refractivity contribution in [2.45, 2.75) is 39.0 Å². The maximum atomic E-state index is 11.3. The van der Waals surface area contributed by atoms with Crippen LogP contribution in [0.5, 0.6) is 0 Å². The van der Waals surface area contributed by atoms with Gasteiger partial charge in [0.2, 0.25) is 5.91 Å². The number of hydrogen-bond acceptors (Lipinski definition) is 3. The molecule has 1 N–H and O–H groups in total. The molecule has 0 aromatic carbocycles. The van der Waals surface area contributed by atoms with E-state index >= 15 is 0 Å². The molecule has 0 unspecified atom stereocenters. The van der Waals surface area contributed by atoms with Crippen molar-refractivity contribution in [3.8, 4) is 0 Å². The molecule has 0 aromatic rings. The molecule has 0 aliphatic heterocycles. The molecule has 88 valence electrons. The topological polar surface area (TPSA) is 55.4 Å². The Labute approximate surface area is 91.4 Å². The molecule has 0 aliphatic carbocycles. The van der Waals surface area contributed by atoms with E-state index in [-0.39, 0.29) is 11.7 Å². The summed E-state index contributed by atoms with van der Waals surface area (Å²) in [6.07, 6.45) is 2.91. The lowest BCUT2D eigenvalue weighted by atomic mass is 10.1. The molecule has 0 bridgehead atoms. The summed E-state index contributed by atoms with van der Waals surface area (Å²) in [6.45, 7) is 3.44. The summed E-state index contributed by atoms with van der Waals surface area (Å²) in [5.41, 5.74) is 0. The van der Waals surface area contributed by atoms with E-state index in [0.29, 0.717) is 25.9 Å². The number of hydrogen-bond donors (Lipinski definition) is 1. The Balaban J connectivity index is 3.30. The van der Waals surface area contributed by atoms with Crippen LogP contribution in [0.25, 0.3) is 0 Å². The van der Waals surface area contributed by atoms with E-state index in [1.807, 2.05) is 0 Å². The molecule has 0 atom stereocenters. The Morgan fingerprint density at radius 1 is 1.13 bits per heavy atom. The monoisotopic (exact) mass is 215 g/mol. The number of ether oxygens (including phenoxy) is 1. The van der Waals surface area contributed by atoms with Crippen molar-refractivity contribution in [3.63, 3.8) is 0 Å². The number of carbonyl (C=O) groups excluding carboxylic acids is 2. The molecular weight excluding hydrogens is 194 g/mol. The van der Waals surface area contributed by atoms with Gasteiger partial charge in [0.1, 0.15) is 5.78 Å². The minimum Gasteiger partial charge on any atom is -0.381 e. The van der Waals surface area contributed by atoms with Gasteiger partial charge in [0, 0.05) is 39.5 Å². The predicted octanol–water partition coefficient (Wildman–Crippen LogP) is 1.29. The molecule has 0 radical (unpaired) electrons. The van der Waals surface area contributed by atoms with Crippen LogP contribution in [0.1, 0.15) is 39.0 Å². The van der Waals surface area contributed by atoms with Gasteiger partial charge in [-0.2, -0.15) is 0 Å². The second kappa shape index (κ2) is 9.65. The zero-order chi connectivity index (χ0) is 11.5. The molecule has 1 amide bonds. The van der Waals surface area contributed by atoms with Crippen LogP contribution in [0.2, 0.25) is 0 Å². The molecule has 0 heterocycles. The molecule has 0 aliphatic rings. The van der Waals surface area contributed by atoms with Crippen molar-refractivity contribution >= 4 is 11.7 Å². The van der Waals surface area contributed by atoms with Gasteiger partial charge in [-0.05, 0) is 12.8 Å². The SMILES string of the molecule is CCCOCCCC(=O)CCC(=O)NC. The standard InChI is InChI=1S/C11H21NO3/c1-3-8-15-9-4-5-10(13)6-7-11(14)12-2/h3-9H2,1-2H3,(H,12,14). The number of ketones is 1. The molecule has 0 rings (SSSR count). The molecule has 0 fully saturated rings. The first-order valence-corrected chi connectivity index (χ1v) is 5.50. The summed E-state index contributed by atoms with van der Waals surface area (Å²) in [6, 6.07) is 0. The van der Waals surface area contributed by atoms with Gasteiger partial charge < -0.3 is 10.1 Å².